The van der Waals surface area contributed by atoms with E-state index >= 15 is 0 Å². The second-order valence-corrected chi connectivity index (χ2v) is 10.2. The van der Waals surface area contributed by atoms with Crippen molar-refractivity contribution in [2.24, 2.45) is 11.7 Å². The van der Waals surface area contributed by atoms with E-state index in [0.29, 0.717) is 37.7 Å². The first-order valence-corrected chi connectivity index (χ1v) is 12.7. The molecule has 4 rings (SSSR count). The summed E-state index contributed by atoms with van der Waals surface area (Å²) >= 11 is 4.96. The zero-order valence-corrected chi connectivity index (χ0v) is 19.9. The Morgan fingerprint density at radius 2 is 1.71 bits per heavy atom. The van der Waals surface area contributed by atoms with Gasteiger partial charge in [-0.25, -0.2) is 0 Å². The Bertz CT molecular complexity index is 918. The SMILES string of the molecule is NC(=O)C1CCN(C(=O)CSc2nnc(-c3ccc(Br)cc3)n2C2CCCCC2)CC1. The van der Waals surface area contributed by atoms with Crippen molar-refractivity contribution in [1.29, 1.82) is 0 Å². The Morgan fingerprint density at radius 1 is 1.03 bits per heavy atom. The van der Waals surface area contributed by atoms with E-state index in [0.717, 1.165) is 33.9 Å². The minimum absolute atomic E-state index is 0.0799. The van der Waals surface area contributed by atoms with Crippen LogP contribution in [0.2, 0.25) is 0 Å². The van der Waals surface area contributed by atoms with Gasteiger partial charge in [0.15, 0.2) is 11.0 Å². The number of amides is 2. The van der Waals surface area contributed by atoms with E-state index in [-0.39, 0.29) is 17.7 Å². The van der Waals surface area contributed by atoms with Crippen LogP contribution in [-0.2, 0) is 9.59 Å². The number of carbonyl (C=O) groups excluding carboxylic acids is 2. The number of aromatic nitrogens is 3. The summed E-state index contributed by atoms with van der Waals surface area (Å²) in [7, 11) is 0. The average Bonchev–Trinajstić information content (AvgIpc) is 3.22. The summed E-state index contributed by atoms with van der Waals surface area (Å²) in [6.45, 7) is 1.18. The zero-order chi connectivity index (χ0) is 21.8. The summed E-state index contributed by atoms with van der Waals surface area (Å²) in [6, 6.07) is 8.50. The quantitative estimate of drug-likeness (QED) is 0.598. The number of piperidine rings is 1. The van der Waals surface area contributed by atoms with Crippen LogP contribution in [0.25, 0.3) is 11.4 Å². The molecule has 9 heteroatoms. The number of benzene rings is 1. The van der Waals surface area contributed by atoms with Crippen molar-refractivity contribution >= 4 is 39.5 Å². The van der Waals surface area contributed by atoms with E-state index in [1.54, 1.807) is 0 Å². The number of nitrogens with zero attached hydrogens (tertiary/aromatic N) is 4. The Morgan fingerprint density at radius 3 is 2.35 bits per heavy atom. The van der Waals surface area contributed by atoms with Crippen molar-refractivity contribution in [3.8, 4) is 11.4 Å². The van der Waals surface area contributed by atoms with Crippen molar-refractivity contribution < 1.29 is 9.59 Å². The second-order valence-electron chi connectivity index (χ2n) is 8.32. The lowest BCUT2D eigenvalue weighted by molar-refractivity contribution is -0.132. The van der Waals surface area contributed by atoms with Gasteiger partial charge in [0.25, 0.3) is 0 Å². The fraction of sp³-hybridized carbons (Fsp3) is 0.545. The third kappa shape index (κ3) is 5.31. The van der Waals surface area contributed by atoms with Crippen LogP contribution in [0.1, 0.15) is 51.0 Å². The van der Waals surface area contributed by atoms with Crippen molar-refractivity contribution in [2.45, 2.75) is 56.1 Å². The molecule has 7 nitrogen and oxygen atoms in total. The molecule has 1 saturated carbocycles. The highest BCUT2D eigenvalue weighted by atomic mass is 79.9. The highest BCUT2D eigenvalue weighted by Crippen LogP contribution is 2.36. The van der Waals surface area contributed by atoms with E-state index in [4.69, 9.17) is 5.73 Å². The molecule has 0 bridgehead atoms. The first kappa shape index (κ1) is 22.3. The molecule has 1 aromatic carbocycles. The maximum Gasteiger partial charge on any atom is 0.233 e. The van der Waals surface area contributed by atoms with Gasteiger partial charge in [0.2, 0.25) is 11.8 Å². The van der Waals surface area contributed by atoms with Gasteiger partial charge in [-0.3, -0.25) is 14.2 Å². The molecule has 31 heavy (non-hydrogen) atoms. The molecule has 0 atom stereocenters. The van der Waals surface area contributed by atoms with Crippen LogP contribution in [0, 0.1) is 5.92 Å². The molecule has 0 radical (unpaired) electrons. The van der Waals surface area contributed by atoms with Gasteiger partial charge in [0.05, 0.1) is 5.75 Å². The summed E-state index contributed by atoms with van der Waals surface area (Å²) in [5, 5.41) is 9.80. The van der Waals surface area contributed by atoms with Crippen molar-refractivity contribution in [2.75, 3.05) is 18.8 Å². The Kier molecular flexibility index (Phi) is 7.32. The van der Waals surface area contributed by atoms with Gasteiger partial charge in [-0.15, -0.1) is 10.2 Å². The lowest BCUT2D eigenvalue weighted by Gasteiger charge is -2.30. The van der Waals surface area contributed by atoms with Crippen LogP contribution in [0.5, 0.6) is 0 Å². The molecule has 0 unspecified atom stereocenters. The van der Waals surface area contributed by atoms with E-state index in [1.165, 1.54) is 31.0 Å². The van der Waals surface area contributed by atoms with Crippen LogP contribution in [0.4, 0.5) is 0 Å². The molecule has 2 N–H and O–H groups in total. The van der Waals surface area contributed by atoms with Crippen LogP contribution < -0.4 is 5.73 Å². The summed E-state index contributed by atoms with van der Waals surface area (Å²) in [6.07, 6.45) is 7.22. The number of primary amides is 1. The summed E-state index contributed by atoms with van der Waals surface area (Å²) < 4.78 is 3.28. The Balaban J connectivity index is 1.48. The molecular formula is C22H28BrN5O2S. The lowest BCUT2D eigenvalue weighted by Crippen LogP contribution is -2.42. The summed E-state index contributed by atoms with van der Waals surface area (Å²) in [5.41, 5.74) is 6.44. The van der Waals surface area contributed by atoms with Gasteiger partial charge in [-0.05, 0) is 37.8 Å². The van der Waals surface area contributed by atoms with Gasteiger partial charge >= 0.3 is 0 Å². The second kappa shape index (κ2) is 10.2. The maximum atomic E-state index is 12.8. The van der Waals surface area contributed by atoms with Crippen molar-refractivity contribution in [3.05, 3.63) is 28.7 Å². The smallest absolute Gasteiger partial charge is 0.233 e. The predicted molar refractivity (Wildman–Crippen MR) is 125 cm³/mol. The third-order valence-electron chi connectivity index (χ3n) is 6.28. The zero-order valence-electron chi connectivity index (χ0n) is 17.5. The minimum atomic E-state index is -0.262. The topological polar surface area (TPSA) is 94.1 Å². The molecule has 2 heterocycles. The fourth-order valence-corrected chi connectivity index (χ4v) is 5.64. The molecule has 1 aliphatic heterocycles. The highest BCUT2D eigenvalue weighted by molar-refractivity contribution is 9.10. The predicted octanol–water partition coefficient (Wildman–Crippen LogP) is 4.03. The van der Waals surface area contributed by atoms with E-state index < -0.39 is 0 Å². The monoisotopic (exact) mass is 505 g/mol. The van der Waals surface area contributed by atoms with E-state index in [2.05, 4.69) is 42.8 Å². The van der Waals surface area contributed by atoms with E-state index in [9.17, 15) is 9.59 Å². The average molecular weight is 506 g/mol. The molecule has 1 saturated heterocycles. The van der Waals surface area contributed by atoms with Gasteiger partial charge in [-0.1, -0.05) is 59.1 Å². The summed E-state index contributed by atoms with van der Waals surface area (Å²) in [5.74, 6) is 0.905. The number of carbonyl (C=O) groups is 2. The van der Waals surface area contributed by atoms with Crippen LogP contribution in [-0.4, -0.2) is 50.3 Å². The summed E-state index contributed by atoms with van der Waals surface area (Å²) in [4.78, 5) is 26.0. The normalized spacial score (nSPS) is 18.3. The van der Waals surface area contributed by atoms with Gasteiger partial charge in [0, 0.05) is 35.1 Å². The molecule has 0 spiro atoms. The number of thioether (sulfide) groups is 1. The largest absolute Gasteiger partial charge is 0.369 e. The first-order chi connectivity index (χ1) is 15.0. The number of halogens is 1. The molecule has 2 aliphatic rings. The van der Waals surface area contributed by atoms with Crippen LogP contribution >= 0.6 is 27.7 Å². The highest BCUT2D eigenvalue weighted by Gasteiger charge is 2.28. The van der Waals surface area contributed by atoms with Crippen molar-refractivity contribution in [1.82, 2.24) is 19.7 Å². The Hall–Kier alpha value is -1.87. The maximum absolute atomic E-state index is 12.8. The Labute approximate surface area is 195 Å². The van der Waals surface area contributed by atoms with Crippen molar-refractivity contribution in [3.63, 3.8) is 0 Å². The minimum Gasteiger partial charge on any atom is -0.369 e. The lowest BCUT2D eigenvalue weighted by atomic mass is 9.95. The van der Waals surface area contributed by atoms with Gasteiger partial charge in [0.1, 0.15) is 0 Å². The van der Waals surface area contributed by atoms with Gasteiger partial charge in [-0.2, -0.15) is 0 Å². The molecule has 2 aromatic rings. The number of likely N-dealkylation sites (tertiary alicyclic amines) is 1. The number of rotatable bonds is 6. The van der Waals surface area contributed by atoms with Crippen LogP contribution in [0.3, 0.4) is 0 Å². The first-order valence-electron chi connectivity index (χ1n) is 10.9. The number of hydrogen-bond donors (Lipinski definition) is 1. The molecular weight excluding hydrogens is 478 g/mol. The standard InChI is InChI=1S/C22H28BrN5O2S/c23-17-8-6-16(7-9-17)21-25-26-22(28(21)18-4-2-1-3-5-18)31-14-19(29)27-12-10-15(11-13-27)20(24)30/h6-9,15,18H,1-5,10-14H2,(H2,24,30). The van der Waals surface area contributed by atoms with Gasteiger partial charge < -0.3 is 10.6 Å². The van der Waals surface area contributed by atoms with Crippen LogP contribution in [0.15, 0.2) is 33.9 Å². The number of hydrogen-bond acceptors (Lipinski definition) is 5. The molecule has 2 fully saturated rings. The molecule has 166 valence electrons. The molecule has 1 aromatic heterocycles. The fourth-order valence-electron chi connectivity index (χ4n) is 4.47. The molecule has 1 aliphatic carbocycles. The number of nitrogens with two attached hydrogens (primary N) is 1. The third-order valence-corrected chi connectivity index (χ3v) is 7.74. The molecule has 2 amide bonds. The van der Waals surface area contributed by atoms with E-state index in [1.807, 2.05) is 17.0 Å².